The second kappa shape index (κ2) is 7.40. The molecule has 0 aliphatic carbocycles. The lowest BCUT2D eigenvalue weighted by Gasteiger charge is -2.36. The van der Waals surface area contributed by atoms with Crippen molar-refractivity contribution in [3.8, 4) is 16.9 Å². The third kappa shape index (κ3) is 4.65. The lowest BCUT2D eigenvalue weighted by Crippen LogP contribution is -2.43. The summed E-state index contributed by atoms with van der Waals surface area (Å²) < 4.78 is 7.98. The van der Waals surface area contributed by atoms with E-state index in [1.165, 1.54) is 0 Å². The normalized spacial score (nSPS) is 12.1. The smallest absolute Gasteiger partial charge is 0.335 e. The summed E-state index contributed by atoms with van der Waals surface area (Å²) in [5.41, 5.74) is 2.29. The molecule has 0 atom stereocenters. The van der Waals surface area contributed by atoms with Crippen LogP contribution in [0.5, 0.6) is 5.75 Å². The molecule has 0 unspecified atom stereocenters. The van der Waals surface area contributed by atoms with Gasteiger partial charge in [-0.05, 0) is 70.6 Å². The molecule has 0 saturated heterocycles. The van der Waals surface area contributed by atoms with E-state index in [4.69, 9.17) is 9.53 Å². The molecule has 1 N–H and O–H groups in total. The third-order valence-electron chi connectivity index (χ3n) is 4.61. The van der Waals surface area contributed by atoms with E-state index in [1.807, 2.05) is 24.3 Å². The maximum absolute atomic E-state index is 11.2. The number of carboxylic acids is 1. The Balaban J connectivity index is 2.34. The van der Waals surface area contributed by atoms with Crippen LogP contribution in [0, 0.1) is 3.57 Å². The molecule has 3 nitrogen and oxygen atoms in total. The van der Waals surface area contributed by atoms with E-state index >= 15 is 0 Å². The molecule has 0 bridgehead atoms. The molecule has 134 valence electrons. The molecule has 0 saturated carbocycles. The molecule has 0 spiro atoms. The van der Waals surface area contributed by atoms with Crippen LogP contribution < -0.4 is 4.43 Å². The molecular weight excluding hydrogens is 511 g/mol. The molecule has 0 aliphatic heterocycles. The Morgan fingerprint density at radius 1 is 1.16 bits per heavy atom. The molecule has 2 rings (SSSR count). The first-order valence-electron chi connectivity index (χ1n) is 7.94. The predicted octanol–water partition coefficient (Wildman–Crippen LogP) is 6.80. The van der Waals surface area contributed by atoms with E-state index < -0.39 is 14.3 Å². The van der Waals surface area contributed by atoms with Crippen molar-refractivity contribution in [1.82, 2.24) is 0 Å². The molecule has 0 aromatic heterocycles. The minimum absolute atomic E-state index is 0.150. The first kappa shape index (κ1) is 20.4. The highest BCUT2D eigenvalue weighted by atomic mass is 127. The Morgan fingerprint density at radius 2 is 1.72 bits per heavy atom. The average Bonchev–Trinajstić information content (AvgIpc) is 2.46. The van der Waals surface area contributed by atoms with Gasteiger partial charge < -0.3 is 9.53 Å². The Morgan fingerprint density at radius 3 is 2.16 bits per heavy atom. The largest absolute Gasteiger partial charge is 0.544 e. The molecule has 0 aliphatic rings. The van der Waals surface area contributed by atoms with E-state index in [-0.39, 0.29) is 10.6 Å². The van der Waals surface area contributed by atoms with Crippen LogP contribution in [-0.4, -0.2) is 19.4 Å². The summed E-state index contributed by atoms with van der Waals surface area (Å²) in [6.45, 7) is 11.1. The Bertz CT molecular complexity index is 772. The van der Waals surface area contributed by atoms with Crippen LogP contribution in [0.2, 0.25) is 18.1 Å². The number of rotatable bonds is 4. The minimum Gasteiger partial charge on any atom is -0.544 e. The zero-order valence-electron chi connectivity index (χ0n) is 15.0. The summed E-state index contributed by atoms with van der Waals surface area (Å²) in [7, 11) is -1.86. The molecule has 0 heterocycles. The highest BCUT2D eigenvalue weighted by Crippen LogP contribution is 2.39. The summed E-state index contributed by atoms with van der Waals surface area (Å²) in [5.74, 6) is -0.0492. The molecule has 2 aromatic carbocycles. The average molecular weight is 533 g/mol. The maximum Gasteiger partial charge on any atom is 0.335 e. The van der Waals surface area contributed by atoms with Crippen LogP contribution >= 0.6 is 38.5 Å². The van der Waals surface area contributed by atoms with Crippen molar-refractivity contribution in [2.75, 3.05) is 0 Å². The summed E-state index contributed by atoms with van der Waals surface area (Å²) in [5, 5.41) is 9.32. The van der Waals surface area contributed by atoms with E-state index in [2.05, 4.69) is 72.4 Å². The van der Waals surface area contributed by atoms with Gasteiger partial charge in [0.05, 0.1) is 5.56 Å². The van der Waals surface area contributed by atoms with Gasteiger partial charge in [-0.25, -0.2) is 4.79 Å². The monoisotopic (exact) mass is 532 g/mol. The van der Waals surface area contributed by atoms with Gasteiger partial charge in [0.1, 0.15) is 5.75 Å². The van der Waals surface area contributed by atoms with Crippen LogP contribution in [0.3, 0.4) is 0 Å². The number of hydrogen-bond donors (Lipinski definition) is 1. The summed E-state index contributed by atoms with van der Waals surface area (Å²) in [6.07, 6.45) is 0. The van der Waals surface area contributed by atoms with Crippen LogP contribution in [0.25, 0.3) is 11.1 Å². The first-order chi connectivity index (χ1) is 11.4. The summed E-state index contributed by atoms with van der Waals surface area (Å²) >= 11 is 5.68. The molecule has 6 heteroatoms. The molecule has 2 aromatic rings. The lowest BCUT2D eigenvalue weighted by atomic mass is 10.0. The van der Waals surface area contributed by atoms with Gasteiger partial charge in [0.25, 0.3) is 0 Å². The predicted molar refractivity (Wildman–Crippen MR) is 117 cm³/mol. The number of carbonyl (C=O) groups is 1. The topological polar surface area (TPSA) is 46.5 Å². The Kier molecular flexibility index (Phi) is 6.05. The molecular formula is C19H22BrIO3Si. The number of benzene rings is 2. The van der Waals surface area contributed by atoms with Gasteiger partial charge >= 0.3 is 5.97 Å². The zero-order valence-corrected chi connectivity index (χ0v) is 19.7. The van der Waals surface area contributed by atoms with Gasteiger partial charge in [-0.15, -0.1) is 0 Å². The second-order valence-electron chi connectivity index (χ2n) is 7.51. The Hall–Kier alpha value is -0.863. The molecule has 0 radical (unpaired) electrons. The summed E-state index contributed by atoms with van der Waals surface area (Å²) in [4.78, 5) is 11.2. The number of carboxylic acid groups (broad SMARTS) is 1. The van der Waals surface area contributed by atoms with E-state index in [0.29, 0.717) is 0 Å². The number of halogens is 2. The fraction of sp³-hybridized carbons (Fsp3) is 0.316. The van der Waals surface area contributed by atoms with Gasteiger partial charge in [0.2, 0.25) is 8.32 Å². The van der Waals surface area contributed by atoms with Crippen LogP contribution in [0.4, 0.5) is 0 Å². The third-order valence-corrected chi connectivity index (χ3v) is 10.4. The molecule has 0 amide bonds. The Labute approximate surface area is 172 Å². The summed E-state index contributed by atoms with van der Waals surface area (Å²) in [6, 6.07) is 11.3. The lowest BCUT2D eigenvalue weighted by molar-refractivity contribution is 0.0696. The van der Waals surface area contributed by atoms with Gasteiger partial charge in [-0.3, -0.25) is 0 Å². The van der Waals surface area contributed by atoms with E-state index in [9.17, 15) is 4.79 Å². The van der Waals surface area contributed by atoms with Gasteiger partial charge in [0.15, 0.2) is 0 Å². The van der Waals surface area contributed by atoms with Gasteiger partial charge in [0, 0.05) is 13.6 Å². The van der Waals surface area contributed by atoms with Crippen molar-refractivity contribution in [3.05, 3.63) is 50.0 Å². The minimum atomic E-state index is -1.86. The van der Waals surface area contributed by atoms with Gasteiger partial charge in [-0.1, -0.05) is 48.8 Å². The fourth-order valence-corrected chi connectivity index (χ4v) is 5.14. The SMILES string of the molecule is CC(C)(C)[Si](C)(C)Oc1ccc(-c2c(Br)cc(C(=O)O)cc2I)cc1. The van der Waals surface area contributed by atoms with Crippen LogP contribution in [0.1, 0.15) is 31.1 Å². The highest BCUT2D eigenvalue weighted by molar-refractivity contribution is 14.1. The van der Waals surface area contributed by atoms with Crippen molar-refractivity contribution in [1.29, 1.82) is 0 Å². The second-order valence-corrected chi connectivity index (χ2v) is 14.2. The fourth-order valence-electron chi connectivity index (χ4n) is 2.11. The van der Waals surface area contributed by atoms with Crippen molar-refractivity contribution in [3.63, 3.8) is 0 Å². The van der Waals surface area contributed by atoms with Crippen molar-refractivity contribution < 1.29 is 14.3 Å². The highest BCUT2D eigenvalue weighted by Gasteiger charge is 2.38. The number of aromatic carboxylic acids is 1. The van der Waals surface area contributed by atoms with Crippen molar-refractivity contribution >= 4 is 52.8 Å². The van der Waals surface area contributed by atoms with Crippen molar-refractivity contribution in [2.24, 2.45) is 0 Å². The maximum atomic E-state index is 11.2. The van der Waals surface area contributed by atoms with Crippen LogP contribution in [0.15, 0.2) is 40.9 Å². The van der Waals surface area contributed by atoms with Crippen LogP contribution in [-0.2, 0) is 0 Å². The quantitative estimate of drug-likeness (QED) is 0.348. The number of hydrogen-bond acceptors (Lipinski definition) is 2. The standard InChI is InChI=1S/C19H22BrIO3Si/c1-19(2,3)25(4,5)24-14-8-6-12(7-9-14)17-15(20)10-13(18(22)23)11-16(17)21/h6-11H,1-5H3,(H,22,23). The molecule has 0 fully saturated rings. The zero-order chi connectivity index (χ0) is 19.0. The van der Waals surface area contributed by atoms with Gasteiger partial charge in [-0.2, -0.15) is 0 Å². The first-order valence-corrected chi connectivity index (χ1v) is 12.7. The molecule has 25 heavy (non-hydrogen) atoms. The van der Waals surface area contributed by atoms with Crippen molar-refractivity contribution in [2.45, 2.75) is 38.9 Å². The van der Waals surface area contributed by atoms with E-state index in [1.54, 1.807) is 12.1 Å². The van der Waals surface area contributed by atoms with E-state index in [0.717, 1.165) is 24.9 Å².